The Labute approximate surface area is 163 Å². The molecule has 1 fully saturated rings. The van der Waals surface area contributed by atoms with Gasteiger partial charge in [-0.05, 0) is 30.4 Å². The Morgan fingerprint density at radius 1 is 1.26 bits per heavy atom. The van der Waals surface area contributed by atoms with Crippen LogP contribution in [0.1, 0.15) is 33.1 Å². The molecule has 0 saturated heterocycles. The molecule has 2 heterocycles. The average molecular weight is 409 g/mol. The van der Waals surface area contributed by atoms with E-state index in [4.69, 9.17) is 0 Å². The van der Waals surface area contributed by atoms with E-state index in [-0.39, 0.29) is 10.9 Å². The van der Waals surface area contributed by atoms with E-state index in [2.05, 4.69) is 42.5 Å². The number of rotatable bonds is 3. The largest absolute Gasteiger partial charge is 0.343 e. The maximum absolute atomic E-state index is 12.8. The summed E-state index contributed by atoms with van der Waals surface area (Å²) in [4.78, 5) is 6.85. The second kappa shape index (κ2) is 7.33. The SMILES string of the molecule is C[C@@H]1[C@H](C)CCC[C@@H]1N1CN=C(NS(=O)(=O)c2cccc3nsnc23)NC1. The molecule has 1 aliphatic heterocycles. The highest BCUT2D eigenvalue weighted by Gasteiger charge is 2.33. The summed E-state index contributed by atoms with van der Waals surface area (Å²) >= 11 is 1.00. The van der Waals surface area contributed by atoms with E-state index >= 15 is 0 Å². The number of guanidine groups is 1. The van der Waals surface area contributed by atoms with E-state index in [1.807, 2.05) is 0 Å². The molecule has 0 unspecified atom stereocenters. The number of aromatic nitrogens is 2. The van der Waals surface area contributed by atoms with Gasteiger partial charge >= 0.3 is 0 Å². The van der Waals surface area contributed by atoms with Gasteiger partial charge in [-0.3, -0.25) is 4.90 Å². The van der Waals surface area contributed by atoms with Gasteiger partial charge in [-0.25, -0.2) is 18.1 Å². The van der Waals surface area contributed by atoms with Crippen molar-refractivity contribution in [2.24, 2.45) is 16.8 Å². The minimum atomic E-state index is -3.78. The standard InChI is InChI=1S/C17H24N6O2S2/c1-11-5-3-7-14(12(11)2)23-9-18-17(19-10-23)22-27(24,25)15-8-4-6-13-16(15)21-26-20-13/h4,6,8,11-12,14H,3,5,7,9-10H2,1-2H3,(H2,18,19,22)/t11-,12-,14+/m1/s1. The summed E-state index contributed by atoms with van der Waals surface area (Å²) in [5.74, 6) is 1.60. The summed E-state index contributed by atoms with van der Waals surface area (Å²) in [6.45, 7) is 5.70. The highest BCUT2D eigenvalue weighted by atomic mass is 32.2. The van der Waals surface area contributed by atoms with Gasteiger partial charge in [0.25, 0.3) is 10.0 Å². The highest BCUT2D eigenvalue weighted by molar-refractivity contribution is 7.90. The first-order valence-corrected chi connectivity index (χ1v) is 11.4. The number of sulfonamides is 1. The third-order valence-electron chi connectivity index (χ3n) is 5.76. The average Bonchev–Trinajstić information content (AvgIpc) is 3.13. The zero-order valence-corrected chi connectivity index (χ0v) is 17.1. The van der Waals surface area contributed by atoms with Crippen LogP contribution in [0.3, 0.4) is 0 Å². The van der Waals surface area contributed by atoms with Crippen LogP contribution < -0.4 is 10.0 Å². The molecule has 0 amide bonds. The Balaban J connectivity index is 1.48. The number of hydrogen-bond acceptors (Lipinski definition) is 8. The minimum absolute atomic E-state index is 0.121. The smallest absolute Gasteiger partial charge is 0.266 e. The third kappa shape index (κ3) is 3.65. The molecule has 10 heteroatoms. The van der Waals surface area contributed by atoms with E-state index in [0.29, 0.717) is 42.2 Å². The first-order chi connectivity index (χ1) is 13.0. The minimum Gasteiger partial charge on any atom is -0.343 e. The number of aliphatic imine (C=N–C) groups is 1. The van der Waals surface area contributed by atoms with Crippen LogP contribution in [0.5, 0.6) is 0 Å². The molecule has 27 heavy (non-hydrogen) atoms. The molecule has 0 spiro atoms. The van der Waals surface area contributed by atoms with Gasteiger partial charge in [0.2, 0.25) is 5.96 Å². The van der Waals surface area contributed by atoms with Gasteiger partial charge in [0.1, 0.15) is 15.9 Å². The van der Waals surface area contributed by atoms with Gasteiger partial charge in [0.15, 0.2) is 0 Å². The molecule has 1 aliphatic carbocycles. The molecule has 2 aliphatic rings. The topological polar surface area (TPSA) is 99.6 Å². The number of nitrogens with one attached hydrogen (secondary N) is 2. The predicted molar refractivity (Wildman–Crippen MR) is 106 cm³/mol. The molecule has 0 bridgehead atoms. The Bertz CT molecular complexity index is 957. The lowest BCUT2D eigenvalue weighted by atomic mass is 9.77. The van der Waals surface area contributed by atoms with Crippen molar-refractivity contribution in [3.8, 4) is 0 Å². The monoisotopic (exact) mass is 408 g/mol. The fraction of sp³-hybridized carbons (Fsp3) is 0.588. The highest BCUT2D eigenvalue weighted by Crippen LogP contribution is 2.32. The van der Waals surface area contributed by atoms with E-state index in [9.17, 15) is 8.42 Å². The Hall–Kier alpha value is -1.78. The molecule has 2 N–H and O–H groups in total. The second-order valence-corrected chi connectivity index (χ2v) is 9.58. The first-order valence-electron chi connectivity index (χ1n) is 9.22. The fourth-order valence-electron chi connectivity index (χ4n) is 3.98. The van der Waals surface area contributed by atoms with Crippen molar-refractivity contribution in [2.45, 2.75) is 44.0 Å². The maximum atomic E-state index is 12.8. The summed E-state index contributed by atoms with van der Waals surface area (Å²) in [5, 5.41) is 3.12. The van der Waals surface area contributed by atoms with Crippen LogP contribution in [0, 0.1) is 11.8 Å². The molecule has 2 aromatic rings. The van der Waals surface area contributed by atoms with Crippen LogP contribution in [0.25, 0.3) is 11.0 Å². The normalized spacial score (nSPS) is 27.2. The van der Waals surface area contributed by atoms with E-state index in [1.54, 1.807) is 12.1 Å². The summed E-state index contributed by atoms with van der Waals surface area (Å²) in [5.41, 5.74) is 0.964. The van der Waals surface area contributed by atoms with E-state index in [0.717, 1.165) is 11.7 Å². The first kappa shape index (κ1) is 18.6. The van der Waals surface area contributed by atoms with Crippen LogP contribution in [-0.4, -0.2) is 47.4 Å². The lowest BCUT2D eigenvalue weighted by Crippen LogP contribution is -2.55. The number of nitrogens with zero attached hydrogens (tertiary/aromatic N) is 4. The lowest BCUT2D eigenvalue weighted by Gasteiger charge is -2.42. The number of hydrogen-bond donors (Lipinski definition) is 2. The molecular weight excluding hydrogens is 384 g/mol. The van der Waals surface area contributed by atoms with Crippen molar-refractivity contribution in [3.63, 3.8) is 0 Å². The van der Waals surface area contributed by atoms with Crippen molar-refractivity contribution in [3.05, 3.63) is 18.2 Å². The van der Waals surface area contributed by atoms with Crippen LogP contribution in [0.2, 0.25) is 0 Å². The van der Waals surface area contributed by atoms with Crippen molar-refractivity contribution < 1.29 is 8.42 Å². The Morgan fingerprint density at radius 2 is 2.11 bits per heavy atom. The second-order valence-electron chi connectivity index (χ2n) is 7.40. The summed E-state index contributed by atoms with van der Waals surface area (Å²) in [7, 11) is -3.78. The van der Waals surface area contributed by atoms with E-state index in [1.165, 1.54) is 25.3 Å². The molecule has 1 aromatic carbocycles. The van der Waals surface area contributed by atoms with E-state index < -0.39 is 10.0 Å². The molecule has 146 valence electrons. The predicted octanol–water partition coefficient (Wildman–Crippen LogP) is 1.97. The summed E-state index contributed by atoms with van der Waals surface area (Å²) in [6.07, 6.45) is 3.69. The maximum Gasteiger partial charge on any atom is 0.266 e. The molecule has 3 atom stereocenters. The van der Waals surface area contributed by atoms with Crippen LogP contribution in [0.4, 0.5) is 0 Å². The molecule has 1 aromatic heterocycles. The van der Waals surface area contributed by atoms with Crippen molar-refractivity contribution in [2.75, 3.05) is 13.3 Å². The molecule has 4 rings (SSSR count). The van der Waals surface area contributed by atoms with Crippen LogP contribution >= 0.6 is 11.7 Å². The molecule has 1 saturated carbocycles. The van der Waals surface area contributed by atoms with Crippen LogP contribution in [-0.2, 0) is 10.0 Å². The molecule has 8 nitrogen and oxygen atoms in total. The molecule has 0 radical (unpaired) electrons. The Morgan fingerprint density at radius 3 is 2.89 bits per heavy atom. The lowest BCUT2D eigenvalue weighted by molar-refractivity contribution is 0.0768. The fourth-order valence-corrected chi connectivity index (χ4v) is 5.76. The van der Waals surface area contributed by atoms with Crippen LogP contribution in [0.15, 0.2) is 28.1 Å². The number of fused-ring (bicyclic) bond motifs is 1. The zero-order valence-electron chi connectivity index (χ0n) is 15.4. The van der Waals surface area contributed by atoms with Gasteiger partial charge < -0.3 is 5.32 Å². The van der Waals surface area contributed by atoms with Gasteiger partial charge in [0, 0.05) is 6.04 Å². The summed E-state index contributed by atoms with van der Waals surface area (Å²) in [6, 6.07) is 5.44. The van der Waals surface area contributed by atoms with Crippen molar-refractivity contribution in [1.82, 2.24) is 23.7 Å². The van der Waals surface area contributed by atoms with Gasteiger partial charge in [-0.15, -0.1) is 0 Å². The third-order valence-corrected chi connectivity index (χ3v) is 7.68. The zero-order chi connectivity index (χ0) is 19.0. The van der Waals surface area contributed by atoms with Gasteiger partial charge in [-0.1, -0.05) is 32.8 Å². The van der Waals surface area contributed by atoms with Gasteiger partial charge in [-0.2, -0.15) is 8.75 Å². The van der Waals surface area contributed by atoms with Crippen molar-refractivity contribution >= 4 is 38.7 Å². The summed E-state index contributed by atoms with van der Waals surface area (Å²) < 4.78 is 36.3. The van der Waals surface area contributed by atoms with Crippen molar-refractivity contribution in [1.29, 1.82) is 0 Å². The quantitative estimate of drug-likeness (QED) is 0.806. The number of benzene rings is 1. The van der Waals surface area contributed by atoms with Gasteiger partial charge in [0.05, 0.1) is 25.1 Å². The molecular formula is C17H24N6O2S2. The Kier molecular flexibility index (Phi) is 5.04.